The van der Waals surface area contributed by atoms with Crippen LogP contribution in [0.15, 0.2) is 18.5 Å². The van der Waals surface area contributed by atoms with Crippen LogP contribution in [0.1, 0.15) is 12.2 Å². The molecule has 2 unspecified atom stereocenters. The fraction of sp³-hybridized carbons (Fsp3) is 0.455. The number of carbonyl (C=O) groups excluding carboxylic acids is 1. The van der Waals surface area contributed by atoms with Crippen LogP contribution in [0.4, 0.5) is 4.79 Å². The van der Waals surface area contributed by atoms with E-state index < -0.39 is 11.9 Å². The van der Waals surface area contributed by atoms with Gasteiger partial charge < -0.3 is 15.7 Å². The number of carbonyl (C=O) groups is 2. The Hall–Kier alpha value is -2.38. The van der Waals surface area contributed by atoms with Gasteiger partial charge in [0.25, 0.3) is 0 Å². The largest absolute Gasteiger partial charge is 0.481 e. The van der Waals surface area contributed by atoms with E-state index in [4.69, 9.17) is 5.11 Å². The maximum Gasteiger partial charge on any atom is 0.315 e. The second kappa shape index (κ2) is 5.51. The summed E-state index contributed by atoms with van der Waals surface area (Å²) >= 11 is 0. The van der Waals surface area contributed by atoms with E-state index in [9.17, 15) is 9.59 Å². The normalized spacial score (nSPS) is 21.3. The van der Waals surface area contributed by atoms with Gasteiger partial charge in [-0.3, -0.25) is 9.48 Å². The van der Waals surface area contributed by atoms with Gasteiger partial charge in [0, 0.05) is 7.05 Å². The third-order valence-corrected chi connectivity index (χ3v) is 2.77. The Bertz CT molecular complexity index is 510. The highest BCUT2D eigenvalue weighted by molar-refractivity contribution is 5.76. The summed E-state index contributed by atoms with van der Waals surface area (Å²) in [6.07, 6.45) is 5.21. The Kier molecular flexibility index (Phi) is 3.79. The molecule has 0 radical (unpaired) electrons. The number of aliphatic carboxylic acids is 1. The van der Waals surface area contributed by atoms with Crippen LogP contribution in [0.5, 0.6) is 0 Å². The maximum atomic E-state index is 11.6. The summed E-state index contributed by atoms with van der Waals surface area (Å²) in [5, 5.41) is 18.1. The molecule has 2 amide bonds. The van der Waals surface area contributed by atoms with Gasteiger partial charge >= 0.3 is 12.0 Å². The van der Waals surface area contributed by atoms with Crippen LogP contribution in [0.3, 0.4) is 0 Å². The van der Waals surface area contributed by atoms with Gasteiger partial charge in [0.2, 0.25) is 0 Å². The number of carboxylic acid groups (broad SMARTS) is 1. The number of aromatic nitrogens is 3. The third-order valence-electron chi connectivity index (χ3n) is 2.77. The first kappa shape index (κ1) is 13.1. The predicted molar refractivity (Wildman–Crippen MR) is 65.0 cm³/mol. The molecule has 1 heterocycles. The second-order valence-corrected chi connectivity index (χ2v) is 4.33. The van der Waals surface area contributed by atoms with Crippen LogP contribution in [-0.2, 0) is 18.4 Å². The fourth-order valence-corrected chi connectivity index (χ4v) is 1.83. The summed E-state index contributed by atoms with van der Waals surface area (Å²) in [5.41, 5.74) is 0. The van der Waals surface area contributed by atoms with Crippen molar-refractivity contribution in [3.63, 3.8) is 0 Å². The average Bonchev–Trinajstić information content (AvgIpc) is 2.96. The summed E-state index contributed by atoms with van der Waals surface area (Å²) in [7, 11) is 1.74. The standard InChI is InChI=1S/C11H15N5O3/c1-16-6-13-9(15-16)5-12-11(19)14-8-3-2-7(4-8)10(17)18/h2-3,6-8H,4-5H2,1H3,(H,17,18)(H2,12,14,19). The molecule has 102 valence electrons. The van der Waals surface area contributed by atoms with Gasteiger partial charge in [0.1, 0.15) is 6.33 Å². The molecule has 1 aromatic heterocycles. The zero-order chi connectivity index (χ0) is 13.8. The smallest absolute Gasteiger partial charge is 0.315 e. The van der Waals surface area contributed by atoms with Gasteiger partial charge in [-0.15, -0.1) is 0 Å². The lowest BCUT2D eigenvalue weighted by molar-refractivity contribution is -0.140. The number of nitrogens with one attached hydrogen (secondary N) is 2. The summed E-state index contributed by atoms with van der Waals surface area (Å²) < 4.78 is 1.55. The van der Waals surface area contributed by atoms with Gasteiger partial charge in [-0.05, 0) is 6.42 Å². The van der Waals surface area contributed by atoms with Crippen LogP contribution >= 0.6 is 0 Å². The van der Waals surface area contributed by atoms with Gasteiger partial charge in [-0.1, -0.05) is 12.2 Å². The highest BCUT2D eigenvalue weighted by Crippen LogP contribution is 2.17. The van der Waals surface area contributed by atoms with Crippen LogP contribution < -0.4 is 10.6 Å². The molecule has 2 atom stereocenters. The van der Waals surface area contributed by atoms with E-state index in [1.807, 2.05) is 0 Å². The third kappa shape index (κ3) is 3.54. The van der Waals surface area contributed by atoms with Crippen molar-refractivity contribution >= 4 is 12.0 Å². The van der Waals surface area contributed by atoms with E-state index in [-0.39, 0.29) is 18.6 Å². The van der Waals surface area contributed by atoms with Crippen LogP contribution in [0.2, 0.25) is 0 Å². The first-order chi connectivity index (χ1) is 9.04. The molecule has 2 rings (SSSR count). The summed E-state index contributed by atoms with van der Waals surface area (Å²) in [5.74, 6) is -0.885. The van der Waals surface area contributed by atoms with E-state index in [1.54, 1.807) is 30.2 Å². The van der Waals surface area contributed by atoms with E-state index in [0.29, 0.717) is 12.2 Å². The Labute approximate surface area is 109 Å². The van der Waals surface area contributed by atoms with Crippen molar-refractivity contribution in [1.82, 2.24) is 25.4 Å². The monoisotopic (exact) mass is 265 g/mol. The molecule has 0 aromatic carbocycles. The summed E-state index contributed by atoms with van der Waals surface area (Å²) in [4.78, 5) is 26.3. The van der Waals surface area contributed by atoms with Crippen molar-refractivity contribution < 1.29 is 14.7 Å². The van der Waals surface area contributed by atoms with E-state index in [0.717, 1.165) is 0 Å². The van der Waals surface area contributed by atoms with E-state index in [2.05, 4.69) is 20.7 Å². The van der Waals surface area contributed by atoms with E-state index in [1.165, 1.54) is 0 Å². The molecular formula is C11H15N5O3. The Morgan fingerprint density at radius 2 is 2.32 bits per heavy atom. The number of amides is 2. The molecule has 8 heteroatoms. The van der Waals surface area contributed by atoms with Crippen LogP contribution in [0.25, 0.3) is 0 Å². The Balaban J connectivity index is 1.74. The van der Waals surface area contributed by atoms with E-state index >= 15 is 0 Å². The number of aryl methyl sites for hydroxylation is 1. The molecule has 1 aliphatic rings. The lowest BCUT2D eigenvalue weighted by Crippen LogP contribution is -2.40. The van der Waals surface area contributed by atoms with Gasteiger partial charge in [0.05, 0.1) is 18.5 Å². The van der Waals surface area contributed by atoms with Crippen molar-refractivity contribution in [2.24, 2.45) is 13.0 Å². The molecule has 0 bridgehead atoms. The molecule has 8 nitrogen and oxygen atoms in total. The molecule has 0 saturated heterocycles. The molecule has 3 N–H and O–H groups in total. The molecule has 1 aliphatic carbocycles. The molecule has 19 heavy (non-hydrogen) atoms. The number of carboxylic acids is 1. The van der Waals surface area contributed by atoms with Crippen molar-refractivity contribution in [2.45, 2.75) is 19.0 Å². The lowest BCUT2D eigenvalue weighted by Gasteiger charge is -2.12. The first-order valence-electron chi connectivity index (χ1n) is 5.84. The van der Waals surface area contributed by atoms with Gasteiger partial charge in [-0.25, -0.2) is 9.78 Å². The summed E-state index contributed by atoms with van der Waals surface area (Å²) in [6, 6.07) is -0.620. The highest BCUT2D eigenvalue weighted by atomic mass is 16.4. The second-order valence-electron chi connectivity index (χ2n) is 4.33. The molecule has 1 aromatic rings. The van der Waals surface area contributed by atoms with Crippen molar-refractivity contribution in [3.05, 3.63) is 24.3 Å². The highest BCUT2D eigenvalue weighted by Gasteiger charge is 2.25. The SMILES string of the molecule is Cn1cnc(CNC(=O)NC2C=CC(C(=O)O)C2)n1. The predicted octanol–water partition coefficient (Wildman–Crippen LogP) is -0.356. The minimum atomic E-state index is -0.876. The van der Waals surface area contributed by atoms with Crippen LogP contribution in [0, 0.1) is 5.92 Å². The quantitative estimate of drug-likeness (QED) is 0.644. The zero-order valence-corrected chi connectivity index (χ0v) is 10.4. The number of hydrogen-bond acceptors (Lipinski definition) is 4. The zero-order valence-electron chi connectivity index (χ0n) is 10.4. The molecule has 0 aliphatic heterocycles. The number of nitrogens with zero attached hydrogens (tertiary/aromatic N) is 3. The Morgan fingerprint density at radius 1 is 1.53 bits per heavy atom. The number of rotatable bonds is 4. The van der Waals surface area contributed by atoms with Gasteiger partial charge in [-0.2, -0.15) is 5.10 Å². The topological polar surface area (TPSA) is 109 Å². The van der Waals surface area contributed by atoms with Crippen molar-refractivity contribution in [2.75, 3.05) is 0 Å². The fourth-order valence-electron chi connectivity index (χ4n) is 1.83. The maximum absolute atomic E-state index is 11.6. The summed E-state index contributed by atoms with van der Waals surface area (Å²) in [6.45, 7) is 0.228. The van der Waals surface area contributed by atoms with Crippen molar-refractivity contribution in [3.8, 4) is 0 Å². The Morgan fingerprint density at radius 3 is 2.89 bits per heavy atom. The lowest BCUT2D eigenvalue weighted by atomic mass is 10.1. The van der Waals surface area contributed by atoms with Crippen LogP contribution in [-0.4, -0.2) is 37.9 Å². The average molecular weight is 265 g/mol. The molecule has 0 fully saturated rings. The number of urea groups is 1. The van der Waals surface area contributed by atoms with Gasteiger partial charge in [0.15, 0.2) is 5.82 Å². The van der Waals surface area contributed by atoms with Crippen molar-refractivity contribution in [1.29, 1.82) is 0 Å². The molecule has 0 spiro atoms. The first-order valence-corrected chi connectivity index (χ1v) is 5.84. The molecule has 0 saturated carbocycles. The minimum absolute atomic E-state index is 0.228. The number of hydrogen-bond donors (Lipinski definition) is 3. The minimum Gasteiger partial charge on any atom is -0.481 e. The molecular weight excluding hydrogens is 250 g/mol.